The van der Waals surface area contributed by atoms with Crippen molar-refractivity contribution in [3.8, 4) is 0 Å². The maximum atomic E-state index is 5.90. The van der Waals surface area contributed by atoms with Gasteiger partial charge >= 0.3 is 0 Å². The molecule has 0 aromatic heterocycles. The Balaban J connectivity index is 1.95. The summed E-state index contributed by atoms with van der Waals surface area (Å²) < 4.78 is 0. The zero-order valence-corrected chi connectivity index (χ0v) is 10.6. The van der Waals surface area contributed by atoms with Crippen molar-refractivity contribution in [1.82, 2.24) is 4.90 Å². The minimum atomic E-state index is 0.925. The molecule has 0 radical (unpaired) electrons. The third kappa shape index (κ3) is 5.24. The summed E-state index contributed by atoms with van der Waals surface area (Å²) in [6.07, 6.45) is 15.7. The Kier molecular flexibility index (Phi) is 6.78. The highest BCUT2D eigenvalue weighted by Crippen LogP contribution is 2.10. The van der Waals surface area contributed by atoms with Gasteiger partial charge in [0.1, 0.15) is 0 Å². The minimum Gasteiger partial charge on any atom is -0.385 e. The second-order valence-corrected chi connectivity index (χ2v) is 4.59. The van der Waals surface area contributed by atoms with E-state index in [2.05, 4.69) is 17.9 Å². The first-order valence-electron chi connectivity index (χ1n) is 6.72. The molecule has 0 saturated carbocycles. The number of hydrogen-bond acceptors (Lipinski definition) is 2. The van der Waals surface area contributed by atoms with E-state index in [1.807, 2.05) is 12.2 Å². The molecule has 0 aliphatic carbocycles. The Morgan fingerprint density at radius 1 is 1.12 bits per heavy atom. The molecule has 92 valence electrons. The molecule has 0 atom stereocenters. The molecule has 1 rings (SSSR count). The highest BCUT2D eigenvalue weighted by atomic mass is 15.2. The normalized spacial score (nSPS) is 15.3. The van der Waals surface area contributed by atoms with Crippen molar-refractivity contribution >= 4 is 0 Å². The van der Waals surface area contributed by atoms with Crippen LogP contribution in [-0.2, 0) is 0 Å². The average molecular weight is 222 g/mol. The molecule has 16 heavy (non-hydrogen) atoms. The van der Waals surface area contributed by atoms with E-state index in [0.29, 0.717) is 0 Å². The molecule has 0 unspecified atom stereocenters. The van der Waals surface area contributed by atoms with E-state index in [-0.39, 0.29) is 0 Å². The zero-order valence-electron chi connectivity index (χ0n) is 10.6. The Hall–Kier alpha value is -0.920. The number of allylic oxidation sites excluding steroid dienone is 2. The molecule has 0 aromatic rings. The van der Waals surface area contributed by atoms with Crippen LogP contribution in [0, 0.1) is 0 Å². The molecule has 1 aliphatic rings. The van der Waals surface area contributed by atoms with E-state index in [1.165, 1.54) is 44.9 Å². The summed E-state index contributed by atoms with van der Waals surface area (Å²) >= 11 is 0. The van der Waals surface area contributed by atoms with Gasteiger partial charge in [0.15, 0.2) is 0 Å². The Bertz CT molecular complexity index is 231. The van der Waals surface area contributed by atoms with E-state index < -0.39 is 0 Å². The van der Waals surface area contributed by atoms with Crippen LogP contribution in [0.15, 0.2) is 24.0 Å². The Morgan fingerprint density at radius 2 is 1.81 bits per heavy atom. The lowest BCUT2D eigenvalue weighted by atomic mass is 10.1. The van der Waals surface area contributed by atoms with Crippen molar-refractivity contribution in [2.45, 2.75) is 51.9 Å². The molecule has 0 bridgehead atoms. The average Bonchev–Trinajstić information content (AvgIpc) is 2.30. The van der Waals surface area contributed by atoms with Crippen LogP contribution in [0.3, 0.4) is 0 Å². The van der Waals surface area contributed by atoms with E-state index in [4.69, 9.17) is 5.73 Å². The van der Waals surface area contributed by atoms with Crippen molar-refractivity contribution in [3.63, 3.8) is 0 Å². The maximum absolute atomic E-state index is 5.90. The predicted octanol–water partition coefficient (Wildman–Crippen LogP) is 3.41. The van der Waals surface area contributed by atoms with Gasteiger partial charge in [-0.1, -0.05) is 57.6 Å². The number of hydrogen-bond donors (Lipinski definition) is 1. The van der Waals surface area contributed by atoms with Gasteiger partial charge in [0.25, 0.3) is 0 Å². The summed E-state index contributed by atoms with van der Waals surface area (Å²) in [7, 11) is 0. The first-order valence-corrected chi connectivity index (χ1v) is 6.72. The summed E-state index contributed by atoms with van der Waals surface area (Å²) in [5, 5.41) is 0. The van der Waals surface area contributed by atoms with Gasteiger partial charge in [-0.3, -0.25) is 0 Å². The number of nitrogens with zero attached hydrogens (tertiary/aromatic N) is 1. The summed E-state index contributed by atoms with van der Waals surface area (Å²) in [4.78, 5) is 2.26. The molecule has 2 heteroatoms. The van der Waals surface area contributed by atoms with E-state index >= 15 is 0 Å². The van der Waals surface area contributed by atoms with Crippen molar-refractivity contribution in [2.75, 3.05) is 13.1 Å². The lowest BCUT2D eigenvalue weighted by Gasteiger charge is -2.25. The van der Waals surface area contributed by atoms with Crippen LogP contribution in [0.5, 0.6) is 0 Å². The molecule has 2 N–H and O–H groups in total. The summed E-state index contributed by atoms with van der Waals surface area (Å²) in [6.45, 7) is 4.36. The molecule has 0 saturated heterocycles. The fraction of sp³-hybridized carbons (Fsp3) is 0.714. The number of nitrogens with two attached hydrogens (primary N) is 1. The van der Waals surface area contributed by atoms with Crippen molar-refractivity contribution in [3.05, 3.63) is 24.0 Å². The lowest BCUT2D eigenvalue weighted by molar-refractivity contribution is 0.357. The zero-order chi connectivity index (χ0) is 11.6. The second kappa shape index (κ2) is 8.26. The molecule has 0 aromatic carbocycles. The molecule has 0 amide bonds. The summed E-state index contributed by atoms with van der Waals surface area (Å²) in [5.41, 5.74) is 5.90. The van der Waals surface area contributed by atoms with Gasteiger partial charge in [-0.2, -0.15) is 0 Å². The monoisotopic (exact) mass is 222 g/mol. The fourth-order valence-corrected chi connectivity index (χ4v) is 2.05. The van der Waals surface area contributed by atoms with Gasteiger partial charge in [-0.25, -0.2) is 0 Å². The van der Waals surface area contributed by atoms with Gasteiger partial charge in [0, 0.05) is 13.1 Å². The van der Waals surface area contributed by atoms with Gasteiger partial charge in [-0.05, 0) is 12.5 Å². The standard InChI is InChI=1S/C14H26N2/c1-2-3-4-5-6-7-9-12-16-13-10-8-11-14(16)15/h8,10-11H,2-7,9,12-13,15H2,1H3. The highest BCUT2D eigenvalue weighted by Gasteiger charge is 2.05. The fourth-order valence-electron chi connectivity index (χ4n) is 2.05. The quantitative estimate of drug-likeness (QED) is 0.638. The van der Waals surface area contributed by atoms with E-state index in [0.717, 1.165) is 18.9 Å². The summed E-state index contributed by atoms with van der Waals surface area (Å²) in [6, 6.07) is 0. The maximum Gasteiger partial charge on any atom is 0.0989 e. The predicted molar refractivity (Wildman–Crippen MR) is 71.0 cm³/mol. The molecule has 0 spiro atoms. The summed E-state index contributed by atoms with van der Waals surface area (Å²) in [5.74, 6) is 0.925. The Morgan fingerprint density at radius 3 is 2.50 bits per heavy atom. The molecule has 1 aliphatic heterocycles. The van der Waals surface area contributed by atoms with Crippen LogP contribution in [0.25, 0.3) is 0 Å². The van der Waals surface area contributed by atoms with Gasteiger partial charge in [0.05, 0.1) is 5.82 Å². The van der Waals surface area contributed by atoms with Gasteiger partial charge in [-0.15, -0.1) is 0 Å². The molecular formula is C14H26N2. The van der Waals surface area contributed by atoms with Crippen molar-refractivity contribution in [2.24, 2.45) is 5.73 Å². The second-order valence-electron chi connectivity index (χ2n) is 4.59. The lowest BCUT2D eigenvalue weighted by Crippen LogP contribution is -2.30. The molecule has 1 heterocycles. The van der Waals surface area contributed by atoms with E-state index in [1.54, 1.807) is 0 Å². The van der Waals surface area contributed by atoms with Crippen molar-refractivity contribution in [1.29, 1.82) is 0 Å². The largest absolute Gasteiger partial charge is 0.385 e. The molecule has 0 fully saturated rings. The Labute approximate surface area is 100 Å². The van der Waals surface area contributed by atoms with Gasteiger partial charge in [0.2, 0.25) is 0 Å². The third-order valence-electron chi connectivity index (χ3n) is 3.13. The van der Waals surface area contributed by atoms with Crippen LogP contribution in [0.2, 0.25) is 0 Å². The highest BCUT2D eigenvalue weighted by molar-refractivity contribution is 5.14. The van der Waals surface area contributed by atoms with Crippen molar-refractivity contribution < 1.29 is 0 Å². The first kappa shape index (κ1) is 13.1. The third-order valence-corrected chi connectivity index (χ3v) is 3.13. The van der Waals surface area contributed by atoms with Crippen LogP contribution >= 0.6 is 0 Å². The topological polar surface area (TPSA) is 29.3 Å². The molecule has 2 nitrogen and oxygen atoms in total. The van der Waals surface area contributed by atoms with Gasteiger partial charge < -0.3 is 10.6 Å². The van der Waals surface area contributed by atoms with E-state index in [9.17, 15) is 0 Å². The number of rotatable bonds is 8. The number of unbranched alkanes of at least 4 members (excludes halogenated alkanes) is 6. The van der Waals surface area contributed by atoms with Crippen LogP contribution in [0.1, 0.15) is 51.9 Å². The SMILES string of the molecule is CCCCCCCCCN1CC=CC=C1N. The smallest absolute Gasteiger partial charge is 0.0989 e. The van der Waals surface area contributed by atoms with Crippen LogP contribution in [-0.4, -0.2) is 18.0 Å². The van der Waals surface area contributed by atoms with Crippen LogP contribution in [0.4, 0.5) is 0 Å². The first-order chi connectivity index (χ1) is 7.84. The van der Waals surface area contributed by atoms with Crippen LogP contribution < -0.4 is 5.73 Å². The minimum absolute atomic E-state index is 0.925. The molecular weight excluding hydrogens is 196 g/mol.